The molecule has 0 aromatic carbocycles. The summed E-state index contributed by atoms with van der Waals surface area (Å²) in [4.78, 5) is 12.0. The standard InChI is InChI=1S/C20H25ClN6O5/c1-29-6-2-5-27-11(3-4-23-27)8-22-18-12(21)7-13-19(25-18)26-20(24-13)32-15-10-31-16-14(28)9-30-17(15)16/h3-4,7,14-17,28H,2,5-6,8-10H2,1H3,(H2,22,24,25,26)/t14-,15-,16-,17-/m1/s1. The molecule has 0 unspecified atom stereocenters. The smallest absolute Gasteiger partial charge is 0.296 e. The molecule has 3 aromatic heterocycles. The number of methoxy groups -OCH3 is 1. The lowest BCUT2D eigenvalue weighted by atomic mass is 10.1. The van der Waals surface area contributed by atoms with Gasteiger partial charge in [0.15, 0.2) is 11.8 Å². The number of hydrogen-bond donors (Lipinski definition) is 3. The largest absolute Gasteiger partial charge is 0.456 e. The van der Waals surface area contributed by atoms with Crippen molar-refractivity contribution in [1.82, 2.24) is 24.7 Å². The van der Waals surface area contributed by atoms with Crippen LogP contribution in [-0.4, -0.2) is 81.2 Å². The number of imidazole rings is 1. The van der Waals surface area contributed by atoms with Crippen LogP contribution in [-0.2, 0) is 27.3 Å². The number of aryl methyl sites for hydroxylation is 1. The lowest BCUT2D eigenvalue weighted by Crippen LogP contribution is -2.34. The number of anilines is 1. The number of H-pyrrole nitrogens is 1. The van der Waals surface area contributed by atoms with Gasteiger partial charge in [-0.2, -0.15) is 10.1 Å². The van der Waals surface area contributed by atoms with Crippen molar-refractivity contribution in [2.45, 2.75) is 43.9 Å². The van der Waals surface area contributed by atoms with Gasteiger partial charge in [0, 0.05) is 26.5 Å². The van der Waals surface area contributed by atoms with Crippen LogP contribution < -0.4 is 10.1 Å². The molecule has 0 spiro atoms. The predicted octanol–water partition coefficient (Wildman–Crippen LogP) is 1.36. The van der Waals surface area contributed by atoms with Crippen molar-refractivity contribution in [3.8, 4) is 6.01 Å². The number of rotatable bonds is 9. The van der Waals surface area contributed by atoms with E-state index in [1.165, 1.54) is 0 Å². The summed E-state index contributed by atoms with van der Waals surface area (Å²) in [6.07, 6.45) is 0.975. The van der Waals surface area contributed by atoms with Gasteiger partial charge in [0.1, 0.15) is 24.1 Å². The van der Waals surface area contributed by atoms with Crippen molar-refractivity contribution in [1.29, 1.82) is 0 Å². The third-order valence-corrected chi connectivity index (χ3v) is 5.90. The van der Waals surface area contributed by atoms with E-state index in [2.05, 4.69) is 25.4 Å². The molecule has 0 radical (unpaired) electrons. The van der Waals surface area contributed by atoms with Crippen LogP contribution in [0.4, 0.5) is 5.82 Å². The predicted molar refractivity (Wildman–Crippen MR) is 115 cm³/mol. The minimum Gasteiger partial charge on any atom is -0.456 e. The Bertz CT molecular complexity index is 1070. The summed E-state index contributed by atoms with van der Waals surface area (Å²) >= 11 is 6.43. The molecule has 0 aliphatic carbocycles. The Morgan fingerprint density at radius 3 is 3.06 bits per heavy atom. The third-order valence-electron chi connectivity index (χ3n) is 5.61. The molecule has 2 aliphatic heterocycles. The van der Waals surface area contributed by atoms with Gasteiger partial charge in [0.25, 0.3) is 6.01 Å². The van der Waals surface area contributed by atoms with Gasteiger partial charge < -0.3 is 34.4 Å². The lowest BCUT2D eigenvalue weighted by Gasteiger charge is -2.15. The Hall–Kier alpha value is -2.44. The topological polar surface area (TPSA) is 129 Å². The monoisotopic (exact) mass is 464 g/mol. The normalized spacial score (nSPS) is 24.8. The van der Waals surface area contributed by atoms with Gasteiger partial charge in [0.2, 0.25) is 0 Å². The number of aliphatic hydroxyl groups excluding tert-OH is 1. The number of halogens is 1. The van der Waals surface area contributed by atoms with Crippen molar-refractivity contribution in [2.24, 2.45) is 0 Å². The van der Waals surface area contributed by atoms with E-state index in [-0.39, 0.29) is 24.9 Å². The van der Waals surface area contributed by atoms with Crippen molar-refractivity contribution < 1.29 is 24.1 Å². The molecule has 32 heavy (non-hydrogen) atoms. The molecule has 172 valence electrons. The third kappa shape index (κ3) is 4.26. The fraction of sp³-hybridized carbons (Fsp3) is 0.550. The van der Waals surface area contributed by atoms with Crippen LogP contribution in [0.5, 0.6) is 6.01 Å². The minimum atomic E-state index is -0.630. The summed E-state index contributed by atoms with van der Waals surface area (Å²) in [6, 6.07) is 4.01. The molecule has 3 aromatic rings. The van der Waals surface area contributed by atoms with Crippen LogP contribution in [0.3, 0.4) is 0 Å². The fourth-order valence-electron chi connectivity index (χ4n) is 4.01. The van der Waals surface area contributed by atoms with E-state index in [1.54, 1.807) is 19.4 Å². The highest BCUT2D eigenvalue weighted by molar-refractivity contribution is 6.33. The van der Waals surface area contributed by atoms with E-state index in [1.807, 2.05) is 10.7 Å². The summed E-state index contributed by atoms with van der Waals surface area (Å²) < 4.78 is 24.1. The SMILES string of the molecule is COCCCn1nccc1CNc1nc2nc(O[C@@H]3CO[C@H]4[C@@H]3OC[C@H]4O)[nH]c2cc1Cl. The fourth-order valence-corrected chi connectivity index (χ4v) is 4.23. The van der Waals surface area contributed by atoms with Crippen LogP contribution in [0.2, 0.25) is 5.02 Å². The zero-order valence-corrected chi connectivity index (χ0v) is 18.3. The Labute approximate surface area is 189 Å². The van der Waals surface area contributed by atoms with Crippen molar-refractivity contribution in [3.05, 3.63) is 29.0 Å². The highest BCUT2D eigenvalue weighted by atomic mass is 35.5. The minimum absolute atomic E-state index is 0.243. The highest BCUT2D eigenvalue weighted by Crippen LogP contribution is 2.30. The van der Waals surface area contributed by atoms with E-state index in [0.717, 1.165) is 18.7 Å². The van der Waals surface area contributed by atoms with E-state index < -0.39 is 6.10 Å². The molecule has 2 fully saturated rings. The second kappa shape index (κ2) is 9.20. The molecule has 12 heteroatoms. The summed E-state index contributed by atoms with van der Waals surface area (Å²) in [5.74, 6) is 0.522. The first-order valence-electron chi connectivity index (χ1n) is 10.5. The maximum Gasteiger partial charge on any atom is 0.296 e. The molecule has 11 nitrogen and oxygen atoms in total. The highest BCUT2D eigenvalue weighted by Gasteiger charge is 2.48. The van der Waals surface area contributed by atoms with Crippen molar-refractivity contribution >= 4 is 28.6 Å². The molecule has 2 saturated heterocycles. The number of pyridine rings is 1. The molecule has 2 aliphatic rings. The van der Waals surface area contributed by atoms with Gasteiger partial charge in [-0.15, -0.1) is 0 Å². The van der Waals surface area contributed by atoms with Crippen LogP contribution in [0, 0.1) is 0 Å². The van der Waals surface area contributed by atoms with Gasteiger partial charge in [-0.3, -0.25) is 4.68 Å². The molecule has 3 N–H and O–H groups in total. The average molecular weight is 465 g/mol. The molecular weight excluding hydrogens is 440 g/mol. The number of aromatic amines is 1. The number of aliphatic hydroxyl groups is 1. The summed E-state index contributed by atoms with van der Waals surface area (Å²) in [5, 5.41) is 17.9. The number of fused-ring (bicyclic) bond motifs is 2. The lowest BCUT2D eigenvalue weighted by molar-refractivity contribution is 0.00706. The average Bonchev–Trinajstić information content (AvgIpc) is 3.54. The van der Waals surface area contributed by atoms with Gasteiger partial charge in [-0.25, -0.2) is 4.98 Å². The second-order valence-corrected chi connectivity index (χ2v) is 8.20. The Balaban J connectivity index is 1.26. The Morgan fingerprint density at radius 2 is 2.19 bits per heavy atom. The zero-order chi connectivity index (χ0) is 22.1. The van der Waals surface area contributed by atoms with E-state index >= 15 is 0 Å². The van der Waals surface area contributed by atoms with Gasteiger partial charge >= 0.3 is 0 Å². The summed E-state index contributed by atoms with van der Waals surface area (Å²) in [7, 11) is 1.69. The van der Waals surface area contributed by atoms with Crippen LogP contribution in [0.25, 0.3) is 11.2 Å². The van der Waals surface area contributed by atoms with E-state index in [9.17, 15) is 5.11 Å². The van der Waals surface area contributed by atoms with Crippen molar-refractivity contribution in [3.63, 3.8) is 0 Å². The molecule has 4 atom stereocenters. The number of ether oxygens (including phenoxy) is 4. The first-order valence-corrected chi connectivity index (χ1v) is 10.9. The molecular formula is C20H25ClN6O5. The van der Waals surface area contributed by atoms with Crippen LogP contribution >= 0.6 is 11.6 Å². The Morgan fingerprint density at radius 1 is 1.31 bits per heavy atom. The van der Waals surface area contributed by atoms with E-state index in [4.69, 9.17) is 30.5 Å². The zero-order valence-electron chi connectivity index (χ0n) is 17.5. The quantitative estimate of drug-likeness (QED) is 0.402. The van der Waals surface area contributed by atoms with Crippen LogP contribution in [0.1, 0.15) is 12.1 Å². The Kier molecular flexibility index (Phi) is 6.15. The molecule has 0 saturated carbocycles. The molecule has 5 rings (SSSR count). The second-order valence-electron chi connectivity index (χ2n) is 7.80. The van der Waals surface area contributed by atoms with Crippen LogP contribution in [0.15, 0.2) is 18.3 Å². The summed E-state index contributed by atoms with van der Waals surface area (Å²) in [6.45, 7) is 2.53. The maximum absolute atomic E-state index is 9.88. The first kappa shape index (κ1) is 21.4. The number of nitrogens with zero attached hydrogens (tertiary/aromatic N) is 4. The molecule has 0 bridgehead atoms. The van der Waals surface area contributed by atoms with Gasteiger partial charge in [-0.05, 0) is 18.6 Å². The number of hydrogen-bond acceptors (Lipinski definition) is 9. The van der Waals surface area contributed by atoms with Gasteiger partial charge in [-0.1, -0.05) is 11.6 Å². The molecule has 5 heterocycles. The van der Waals surface area contributed by atoms with Crippen molar-refractivity contribution in [2.75, 3.05) is 32.2 Å². The first-order chi connectivity index (χ1) is 15.6. The molecule has 0 amide bonds. The van der Waals surface area contributed by atoms with Gasteiger partial charge in [0.05, 0.1) is 36.0 Å². The van der Waals surface area contributed by atoms with E-state index in [0.29, 0.717) is 47.8 Å². The number of nitrogens with one attached hydrogen (secondary N) is 2. The number of aromatic nitrogens is 5. The summed E-state index contributed by atoms with van der Waals surface area (Å²) in [5.41, 5.74) is 2.14. The maximum atomic E-state index is 9.88.